The smallest absolute Gasteiger partial charge is 0.267 e. The quantitative estimate of drug-likeness (QED) is 0.664. The van der Waals surface area contributed by atoms with Crippen LogP contribution in [0.25, 0.3) is 0 Å². The number of pyridine rings is 1. The summed E-state index contributed by atoms with van der Waals surface area (Å²) in [5.41, 5.74) is -1.47. The first-order valence-corrected chi connectivity index (χ1v) is 11.3. The van der Waals surface area contributed by atoms with Crippen molar-refractivity contribution in [2.45, 2.75) is 38.0 Å². The second-order valence-electron chi connectivity index (χ2n) is 8.19. The van der Waals surface area contributed by atoms with Crippen molar-refractivity contribution >= 4 is 15.9 Å². The minimum absolute atomic E-state index is 0.0567. The molecule has 1 aromatic heterocycles. The minimum atomic E-state index is -4.11. The van der Waals surface area contributed by atoms with E-state index in [2.05, 4.69) is 4.98 Å². The van der Waals surface area contributed by atoms with E-state index in [9.17, 15) is 22.0 Å². The maximum Gasteiger partial charge on any atom is 0.267 e. The zero-order chi connectivity index (χ0) is 23.7. The third-order valence-electron chi connectivity index (χ3n) is 4.81. The van der Waals surface area contributed by atoms with Crippen molar-refractivity contribution in [3.05, 3.63) is 53.4 Å². The van der Waals surface area contributed by atoms with E-state index in [1.165, 1.54) is 27.0 Å². The predicted molar refractivity (Wildman–Crippen MR) is 111 cm³/mol. The number of carbonyl (C=O) groups is 1. The summed E-state index contributed by atoms with van der Waals surface area (Å²) in [5, 5.41) is 0. The maximum absolute atomic E-state index is 14.7. The highest BCUT2D eigenvalue weighted by Crippen LogP contribution is 2.36. The Morgan fingerprint density at radius 2 is 1.88 bits per heavy atom. The number of amides is 1. The molecule has 1 fully saturated rings. The van der Waals surface area contributed by atoms with Crippen LogP contribution in [0.1, 0.15) is 43.7 Å². The van der Waals surface area contributed by atoms with Crippen molar-refractivity contribution in [2.75, 3.05) is 19.8 Å². The molecule has 0 atom stereocenters. The van der Waals surface area contributed by atoms with Crippen LogP contribution < -0.4 is 14.2 Å². The number of nitrogens with zero attached hydrogens (tertiary/aromatic N) is 1. The summed E-state index contributed by atoms with van der Waals surface area (Å²) in [6.07, 6.45) is 1.49. The summed E-state index contributed by atoms with van der Waals surface area (Å²) in [6, 6.07) is 5.34. The molecule has 0 aliphatic carbocycles. The fraction of sp³-hybridized carbons (Fsp3) is 0.429. The third-order valence-corrected chi connectivity index (χ3v) is 6.88. The number of rotatable bonds is 7. The molecule has 0 radical (unpaired) electrons. The molecule has 0 unspecified atom stereocenters. The van der Waals surface area contributed by atoms with Crippen LogP contribution in [-0.2, 0) is 20.4 Å². The van der Waals surface area contributed by atoms with Gasteiger partial charge in [0.2, 0.25) is 15.8 Å². The summed E-state index contributed by atoms with van der Waals surface area (Å²) in [5.74, 6) is -4.15. The Morgan fingerprint density at radius 3 is 2.38 bits per heavy atom. The highest BCUT2D eigenvalue weighted by Gasteiger charge is 2.45. The fourth-order valence-corrected chi connectivity index (χ4v) is 3.44. The number of ether oxygens (including phenoxy) is 3. The molecule has 1 saturated heterocycles. The van der Waals surface area contributed by atoms with E-state index < -0.39 is 49.2 Å². The van der Waals surface area contributed by atoms with Gasteiger partial charge in [0, 0.05) is 0 Å². The molecule has 32 heavy (non-hydrogen) atoms. The standard InChI is InChI=1S/C21H24F2N2O6S/c1-5-30-13-6-9-16(24-10-13)21(11-29-12-21)31-15-8-7-14(17(22)18(15)23)19(26)25-32(27,28)20(2,3)4/h6-10H,5,11-12H2,1-4H3,(H,25,26). The highest BCUT2D eigenvalue weighted by atomic mass is 32.2. The number of sulfonamides is 1. The number of nitrogens with one attached hydrogen (secondary N) is 1. The molecular weight excluding hydrogens is 446 g/mol. The van der Waals surface area contributed by atoms with Crippen molar-refractivity contribution < 1.29 is 36.2 Å². The second-order valence-corrected chi connectivity index (χ2v) is 10.6. The molecule has 8 nitrogen and oxygen atoms in total. The van der Waals surface area contributed by atoms with Gasteiger partial charge in [-0.25, -0.2) is 17.5 Å². The van der Waals surface area contributed by atoms with Crippen LogP contribution in [-0.4, -0.2) is 43.9 Å². The van der Waals surface area contributed by atoms with Gasteiger partial charge >= 0.3 is 0 Å². The summed E-state index contributed by atoms with van der Waals surface area (Å²) in [7, 11) is -4.11. The first-order chi connectivity index (χ1) is 14.9. The van der Waals surface area contributed by atoms with Gasteiger partial charge in [-0.3, -0.25) is 9.78 Å². The summed E-state index contributed by atoms with van der Waals surface area (Å²) in [6.45, 7) is 6.51. The first-order valence-electron chi connectivity index (χ1n) is 9.81. The zero-order valence-electron chi connectivity index (χ0n) is 18.1. The van der Waals surface area contributed by atoms with Crippen molar-refractivity contribution in [3.63, 3.8) is 0 Å². The lowest BCUT2D eigenvalue weighted by molar-refractivity contribution is -0.171. The Hall–Kier alpha value is -2.79. The number of benzene rings is 1. The number of halogens is 2. The van der Waals surface area contributed by atoms with Crippen molar-refractivity contribution in [3.8, 4) is 11.5 Å². The van der Waals surface area contributed by atoms with Gasteiger partial charge in [0.25, 0.3) is 5.91 Å². The van der Waals surface area contributed by atoms with Crippen LogP contribution in [0.3, 0.4) is 0 Å². The summed E-state index contributed by atoms with van der Waals surface area (Å²) in [4.78, 5) is 16.5. The Bertz CT molecular complexity index is 1110. The van der Waals surface area contributed by atoms with Crippen LogP contribution >= 0.6 is 0 Å². The Labute approximate surface area is 184 Å². The van der Waals surface area contributed by atoms with E-state index in [0.29, 0.717) is 18.1 Å². The molecule has 1 aromatic carbocycles. The third kappa shape index (κ3) is 4.53. The van der Waals surface area contributed by atoms with Gasteiger partial charge in [0.05, 0.1) is 42.0 Å². The molecular formula is C21H24F2N2O6S. The van der Waals surface area contributed by atoms with E-state index in [-0.39, 0.29) is 13.2 Å². The van der Waals surface area contributed by atoms with Crippen LogP contribution in [0.2, 0.25) is 0 Å². The molecule has 11 heteroatoms. The van der Waals surface area contributed by atoms with Gasteiger partial charge in [-0.05, 0) is 52.0 Å². The van der Waals surface area contributed by atoms with Crippen LogP contribution in [0, 0.1) is 11.6 Å². The summed E-state index contributed by atoms with van der Waals surface area (Å²) < 4.78 is 70.4. The SMILES string of the molecule is CCOc1ccc(C2(Oc3ccc(C(=O)NS(=O)(=O)C(C)(C)C)c(F)c3F)COC2)nc1. The number of aromatic nitrogens is 1. The molecule has 0 saturated carbocycles. The lowest BCUT2D eigenvalue weighted by atomic mass is 9.96. The summed E-state index contributed by atoms with van der Waals surface area (Å²) >= 11 is 0. The average Bonchev–Trinajstić information content (AvgIpc) is 2.67. The largest absolute Gasteiger partial charge is 0.492 e. The van der Waals surface area contributed by atoms with E-state index >= 15 is 0 Å². The monoisotopic (exact) mass is 470 g/mol. The normalized spacial score (nSPS) is 15.6. The second kappa shape index (κ2) is 8.62. The Kier molecular flexibility index (Phi) is 6.43. The molecule has 1 aliphatic rings. The molecule has 174 valence electrons. The van der Waals surface area contributed by atoms with Crippen LogP contribution in [0.4, 0.5) is 8.78 Å². The van der Waals surface area contributed by atoms with Gasteiger partial charge in [-0.1, -0.05) is 0 Å². The predicted octanol–water partition coefficient (Wildman–Crippen LogP) is 2.92. The highest BCUT2D eigenvalue weighted by molar-refractivity contribution is 7.91. The van der Waals surface area contributed by atoms with Gasteiger partial charge in [0.1, 0.15) is 5.75 Å². The van der Waals surface area contributed by atoms with Crippen molar-refractivity contribution in [2.24, 2.45) is 0 Å². The molecule has 0 spiro atoms. The molecule has 3 rings (SSSR count). The van der Waals surface area contributed by atoms with Crippen LogP contribution in [0.5, 0.6) is 11.5 Å². The zero-order valence-corrected chi connectivity index (χ0v) is 18.9. The Morgan fingerprint density at radius 1 is 1.19 bits per heavy atom. The number of hydrogen-bond acceptors (Lipinski definition) is 7. The molecule has 2 heterocycles. The van der Waals surface area contributed by atoms with Crippen molar-refractivity contribution in [1.82, 2.24) is 9.71 Å². The molecule has 1 aliphatic heterocycles. The number of carbonyl (C=O) groups excluding carboxylic acids is 1. The van der Waals surface area contributed by atoms with Crippen LogP contribution in [0.15, 0.2) is 30.5 Å². The number of hydrogen-bond donors (Lipinski definition) is 1. The molecule has 1 N–H and O–H groups in total. The van der Waals surface area contributed by atoms with E-state index in [1.807, 2.05) is 6.92 Å². The van der Waals surface area contributed by atoms with E-state index in [0.717, 1.165) is 12.1 Å². The van der Waals surface area contributed by atoms with Crippen molar-refractivity contribution in [1.29, 1.82) is 0 Å². The van der Waals surface area contributed by atoms with Gasteiger partial charge in [0.15, 0.2) is 17.2 Å². The average molecular weight is 470 g/mol. The first kappa shape index (κ1) is 23.9. The molecule has 2 aromatic rings. The fourth-order valence-electron chi connectivity index (χ4n) is 2.77. The Balaban J connectivity index is 1.85. The topological polar surface area (TPSA) is 104 Å². The lowest BCUT2D eigenvalue weighted by Crippen LogP contribution is -2.52. The van der Waals surface area contributed by atoms with Gasteiger partial charge in [-0.15, -0.1) is 0 Å². The van der Waals surface area contributed by atoms with Gasteiger partial charge in [-0.2, -0.15) is 4.39 Å². The minimum Gasteiger partial charge on any atom is -0.492 e. The van der Waals surface area contributed by atoms with E-state index in [1.54, 1.807) is 16.9 Å². The van der Waals surface area contributed by atoms with E-state index in [4.69, 9.17) is 14.2 Å². The van der Waals surface area contributed by atoms with Gasteiger partial charge < -0.3 is 14.2 Å². The maximum atomic E-state index is 14.7. The lowest BCUT2D eigenvalue weighted by Gasteiger charge is -2.40. The molecule has 0 bridgehead atoms. The molecule has 1 amide bonds.